The molecule has 0 aliphatic heterocycles. The summed E-state index contributed by atoms with van der Waals surface area (Å²) in [5, 5.41) is 6.37. The van der Waals surface area contributed by atoms with E-state index in [4.69, 9.17) is 10.6 Å². The Kier molecular flexibility index (Phi) is 4.35. The molecular weight excluding hydrogens is 248 g/mol. The first-order chi connectivity index (χ1) is 8.80. The molecule has 2 aromatic rings. The lowest BCUT2D eigenvalue weighted by molar-refractivity contribution is 0.391. The van der Waals surface area contributed by atoms with Crippen LogP contribution in [-0.2, 0) is 13.0 Å². The van der Waals surface area contributed by atoms with Gasteiger partial charge in [0.1, 0.15) is 0 Å². The van der Waals surface area contributed by atoms with Crippen LogP contribution in [0.15, 0.2) is 23.7 Å². The molecule has 2 heterocycles. The van der Waals surface area contributed by atoms with E-state index in [0.717, 1.165) is 24.4 Å². The van der Waals surface area contributed by atoms with Crippen molar-refractivity contribution in [3.8, 4) is 5.75 Å². The Hall–Kier alpha value is -1.37. The Bertz CT molecular complexity index is 459. The maximum Gasteiger partial charge on any atom is 0.161 e. The summed E-state index contributed by atoms with van der Waals surface area (Å²) in [6, 6.07) is 4.15. The Balaban J connectivity index is 2.28. The van der Waals surface area contributed by atoms with Crippen LogP contribution in [-0.4, -0.2) is 16.9 Å². The summed E-state index contributed by atoms with van der Waals surface area (Å²) < 4.78 is 7.27. The van der Waals surface area contributed by atoms with Gasteiger partial charge in [0.25, 0.3) is 0 Å². The molecule has 1 unspecified atom stereocenters. The molecule has 0 bridgehead atoms. The average molecular weight is 266 g/mol. The quantitative estimate of drug-likeness (QED) is 0.617. The van der Waals surface area contributed by atoms with E-state index in [1.54, 1.807) is 24.6 Å². The van der Waals surface area contributed by atoms with Crippen LogP contribution < -0.4 is 16.0 Å². The molecule has 0 aromatic carbocycles. The fourth-order valence-corrected chi connectivity index (χ4v) is 2.75. The van der Waals surface area contributed by atoms with Crippen LogP contribution in [0, 0.1) is 0 Å². The summed E-state index contributed by atoms with van der Waals surface area (Å²) in [4.78, 5) is 1.28. The van der Waals surface area contributed by atoms with E-state index in [1.807, 2.05) is 10.7 Å². The smallest absolute Gasteiger partial charge is 0.161 e. The SMILES string of the molecule is CCn1ncc(OC)c1C(Cc1cccs1)NN. The highest BCUT2D eigenvalue weighted by Crippen LogP contribution is 2.28. The second-order valence-electron chi connectivity index (χ2n) is 3.92. The van der Waals surface area contributed by atoms with Crippen molar-refractivity contribution in [2.75, 3.05) is 7.11 Å². The largest absolute Gasteiger partial charge is 0.493 e. The fourth-order valence-electron chi connectivity index (χ4n) is 2.00. The van der Waals surface area contributed by atoms with Gasteiger partial charge in [0.2, 0.25) is 0 Å². The molecule has 3 N–H and O–H groups in total. The van der Waals surface area contributed by atoms with Gasteiger partial charge < -0.3 is 4.74 Å². The zero-order valence-corrected chi connectivity index (χ0v) is 11.4. The molecule has 5 nitrogen and oxygen atoms in total. The highest BCUT2D eigenvalue weighted by Gasteiger charge is 2.21. The number of hydrazine groups is 1. The van der Waals surface area contributed by atoms with Gasteiger partial charge in [-0.25, -0.2) is 0 Å². The number of aromatic nitrogens is 2. The van der Waals surface area contributed by atoms with E-state index in [9.17, 15) is 0 Å². The molecule has 0 spiro atoms. The minimum atomic E-state index is 0.000972. The van der Waals surface area contributed by atoms with E-state index >= 15 is 0 Å². The average Bonchev–Trinajstić information content (AvgIpc) is 3.04. The van der Waals surface area contributed by atoms with Gasteiger partial charge in [0, 0.05) is 17.8 Å². The second-order valence-corrected chi connectivity index (χ2v) is 4.95. The third kappa shape index (κ3) is 2.55. The van der Waals surface area contributed by atoms with E-state index in [2.05, 4.69) is 28.9 Å². The number of ether oxygens (including phenoxy) is 1. The molecule has 18 heavy (non-hydrogen) atoms. The fraction of sp³-hybridized carbons (Fsp3) is 0.417. The summed E-state index contributed by atoms with van der Waals surface area (Å²) in [6.45, 7) is 2.84. The summed E-state index contributed by atoms with van der Waals surface area (Å²) in [5.74, 6) is 6.46. The topological polar surface area (TPSA) is 65.1 Å². The van der Waals surface area contributed by atoms with Crippen molar-refractivity contribution >= 4 is 11.3 Å². The molecule has 0 saturated carbocycles. The zero-order valence-electron chi connectivity index (χ0n) is 10.6. The number of hydrogen-bond donors (Lipinski definition) is 2. The predicted molar refractivity (Wildman–Crippen MR) is 72.5 cm³/mol. The van der Waals surface area contributed by atoms with Crippen molar-refractivity contribution in [2.45, 2.75) is 25.9 Å². The minimum Gasteiger partial charge on any atom is -0.493 e. The summed E-state index contributed by atoms with van der Waals surface area (Å²) in [7, 11) is 1.65. The molecule has 98 valence electrons. The van der Waals surface area contributed by atoms with Crippen LogP contribution in [0.2, 0.25) is 0 Å². The second kappa shape index (κ2) is 5.99. The molecule has 0 amide bonds. The lowest BCUT2D eigenvalue weighted by Gasteiger charge is -2.17. The van der Waals surface area contributed by atoms with Crippen LogP contribution >= 0.6 is 11.3 Å². The summed E-state index contributed by atoms with van der Waals surface area (Å²) in [5.41, 5.74) is 3.85. The predicted octanol–water partition coefficient (Wildman–Crippen LogP) is 1.72. The molecular formula is C12H18N4OS. The van der Waals surface area contributed by atoms with Gasteiger partial charge in [-0.1, -0.05) is 6.07 Å². The van der Waals surface area contributed by atoms with Crippen molar-refractivity contribution in [1.82, 2.24) is 15.2 Å². The van der Waals surface area contributed by atoms with Crippen LogP contribution in [0.5, 0.6) is 5.75 Å². The van der Waals surface area contributed by atoms with Gasteiger partial charge in [0.05, 0.1) is 25.0 Å². The van der Waals surface area contributed by atoms with Gasteiger partial charge in [-0.15, -0.1) is 11.3 Å². The number of nitrogens with one attached hydrogen (secondary N) is 1. The van der Waals surface area contributed by atoms with Gasteiger partial charge in [-0.2, -0.15) is 5.10 Å². The van der Waals surface area contributed by atoms with Crippen LogP contribution in [0.25, 0.3) is 0 Å². The molecule has 1 atom stereocenters. The van der Waals surface area contributed by atoms with E-state index < -0.39 is 0 Å². The Morgan fingerprint density at radius 2 is 2.44 bits per heavy atom. The van der Waals surface area contributed by atoms with Gasteiger partial charge in [0.15, 0.2) is 5.75 Å². The Morgan fingerprint density at radius 3 is 3.00 bits per heavy atom. The number of aryl methyl sites for hydroxylation is 1. The van der Waals surface area contributed by atoms with E-state index in [-0.39, 0.29) is 6.04 Å². The lowest BCUT2D eigenvalue weighted by atomic mass is 10.1. The lowest BCUT2D eigenvalue weighted by Crippen LogP contribution is -2.31. The molecule has 0 aliphatic rings. The minimum absolute atomic E-state index is 0.000972. The van der Waals surface area contributed by atoms with E-state index in [1.165, 1.54) is 4.88 Å². The summed E-state index contributed by atoms with van der Waals surface area (Å²) in [6.07, 6.45) is 2.56. The first kappa shape index (κ1) is 13.1. The molecule has 2 rings (SSSR count). The summed E-state index contributed by atoms with van der Waals surface area (Å²) >= 11 is 1.72. The Morgan fingerprint density at radius 1 is 1.61 bits per heavy atom. The number of hydrogen-bond acceptors (Lipinski definition) is 5. The maximum atomic E-state index is 5.69. The first-order valence-corrected chi connectivity index (χ1v) is 6.76. The van der Waals surface area contributed by atoms with Gasteiger partial charge in [-0.3, -0.25) is 16.0 Å². The number of nitrogens with two attached hydrogens (primary N) is 1. The van der Waals surface area contributed by atoms with Crippen molar-refractivity contribution in [2.24, 2.45) is 5.84 Å². The van der Waals surface area contributed by atoms with Crippen molar-refractivity contribution in [3.05, 3.63) is 34.3 Å². The Labute approximate surface area is 111 Å². The van der Waals surface area contributed by atoms with Crippen molar-refractivity contribution in [1.29, 1.82) is 0 Å². The maximum absolute atomic E-state index is 5.69. The van der Waals surface area contributed by atoms with Crippen LogP contribution in [0.4, 0.5) is 0 Å². The molecule has 2 aromatic heterocycles. The molecule has 6 heteroatoms. The van der Waals surface area contributed by atoms with Gasteiger partial charge >= 0.3 is 0 Å². The van der Waals surface area contributed by atoms with E-state index in [0.29, 0.717) is 0 Å². The monoisotopic (exact) mass is 266 g/mol. The zero-order chi connectivity index (χ0) is 13.0. The van der Waals surface area contributed by atoms with Crippen molar-refractivity contribution in [3.63, 3.8) is 0 Å². The molecule has 0 fully saturated rings. The van der Waals surface area contributed by atoms with Gasteiger partial charge in [-0.05, 0) is 18.4 Å². The standard InChI is InChI=1S/C12H18N4OS/c1-3-16-12(11(17-2)8-14-16)10(15-13)7-9-5-4-6-18-9/h4-6,8,10,15H,3,7,13H2,1-2H3. The van der Waals surface area contributed by atoms with Crippen molar-refractivity contribution < 1.29 is 4.74 Å². The number of thiophene rings is 1. The number of rotatable bonds is 6. The number of methoxy groups -OCH3 is 1. The number of nitrogens with zero attached hydrogens (tertiary/aromatic N) is 2. The third-order valence-corrected chi connectivity index (χ3v) is 3.78. The highest BCUT2D eigenvalue weighted by molar-refractivity contribution is 7.09. The third-order valence-electron chi connectivity index (χ3n) is 2.88. The molecule has 0 radical (unpaired) electrons. The first-order valence-electron chi connectivity index (χ1n) is 5.88. The molecule has 0 saturated heterocycles. The van der Waals surface area contributed by atoms with Crippen LogP contribution in [0.1, 0.15) is 23.5 Å². The highest BCUT2D eigenvalue weighted by atomic mass is 32.1. The normalized spacial score (nSPS) is 12.6. The van der Waals surface area contributed by atoms with Crippen LogP contribution in [0.3, 0.4) is 0 Å². The molecule has 0 aliphatic carbocycles.